The maximum absolute atomic E-state index is 11.1. The fraction of sp³-hybridized carbons (Fsp3) is 0. The molecule has 0 amide bonds. The van der Waals surface area contributed by atoms with E-state index < -0.39 is 16.2 Å². The number of rotatable bonds is 1. The standard InChI is InChI=1S/C9H5NO5/c11-6-1-2-8-5(3-6)4-7(10(13)14)9(12)15-8/h1-4,11H. The van der Waals surface area contributed by atoms with Gasteiger partial charge in [0.25, 0.3) is 0 Å². The van der Waals surface area contributed by atoms with Crippen molar-refractivity contribution in [1.82, 2.24) is 0 Å². The molecule has 0 bridgehead atoms. The number of phenols is 1. The summed E-state index contributed by atoms with van der Waals surface area (Å²) in [7, 11) is 0. The zero-order valence-corrected chi connectivity index (χ0v) is 7.34. The Morgan fingerprint density at radius 2 is 2.07 bits per heavy atom. The monoisotopic (exact) mass is 207 g/mol. The maximum atomic E-state index is 11.1. The van der Waals surface area contributed by atoms with Gasteiger partial charge in [-0.05, 0) is 18.2 Å². The lowest BCUT2D eigenvalue weighted by Crippen LogP contribution is -2.05. The van der Waals surface area contributed by atoms with Gasteiger partial charge in [0, 0.05) is 11.5 Å². The van der Waals surface area contributed by atoms with E-state index in [4.69, 9.17) is 9.52 Å². The highest BCUT2D eigenvalue weighted by Gasteiger charge is 2.15. The summed E-state index contributed by atoms with van der Waals surface area (Å²) in [4.78, 5) is 20.7. The zero-order chi connectivity index (χ0) is 11.0. The first-order valence-electron chi connectivity index (χ1n) is 3.99. The van der Waals surface area contributed by atoms with Crippen LogP contribution in [0.1, 0.15) is 0 Å². The lowest BCUT2D eigenvalue weighted by molar-refractivity contribution is -0.387. The Hall–Kier alpha value is -2.37. The normalized spacial score (nSPS) is 10.4. The fourth-order valence-corrected chi connectivity index (χ4v) is 1.23. The molecule has 0 atom stereocenters. The van der Waals surface area contributed by atoms with Gasteiger partial charge in [-0.25, -0.2) is 4.79 Å². The highest BCUT2D eigenvalue weighted by molar-refractivity contribution is 5.79. The third-order valence-corrected chi connectivity index (χ3v) is 1.89. The molecule has 0 saturated carbocycles. The Labute approximate surface area is 82.5 Å². The van der Waals surface area contributed by atoms with Gasteiger partial charge < -0.3 is 9.52 Å². The number of hydrogen-bond acceptors (Lipinski definition) is 5. The predicted octanol–water partition coefficient (Wildman–Crippen LogP) is 1.41. The third-order valence-electron chi connectivity index (χ3n) is 1.89. The van der Waals surface area contributed by atoms with E-state index in [0.29, 0.717) is 5.39 Å². The van der Waals surface area contributed by atoms with Crippen LogP contribution in [0, 0.1) is 10.1 Å². The van der Waals surface area contributed by atoms with Crippen molar-refractivity contribution >= 4 is 16.7 Å². The SMILES string of the molecule is O=c1oc2ccc(O)cc2cc1[N+](=O)[O-]. The average Bonchev–Trinajstić information content (AvgIpc) is 2.17. The summed E-state index contributed by atoms with van der Waals surface area (Å²) in [6.07, 6.45) is 0. The van der Waals surface area contributed by atoms with E-state index in [1.165, 1.54) is 18.2 Å². The van der Waals surface area contributed by atoms with Gasteiger partial charge in [-0.1, -0.05) is 0 Å². The first-order chi connectivity index (χ1) is 7.08. The van der Waals surface area contributed by atoms with Gasteiger partial charge in [-0.3, -0.25) is 10.1 Å². The molecule has 0 unspecified atom stereocenters. The van der Waals surface area contributed by atoms with Gasteiger partial charge in [0.2, 0.25) is 0 Å². The lowest BCUT2D eigenvalue weighted by atomic mass is 10.2. The molecular formula is C9H5NO5. The van der Waals surface area contributed by atoms with E-state index in [0.717, 1.165) is 6.07 Å². The number of nitrogens with zero attached hydrogens (tertiary/aromatic N) is 1. The van der Waals surface area contributed by atoms with Gasteiger partial charge >= 0.3 is 11.3 Å². The number of fused-ring (bicyclic) bond motifs is 1. The number of phenolic OH excluding ortho intramolecular Hbond substituents is 1. The minimum atomic E-state index is -1.00. The summed E-state index contributed by atoms with van der Waals surface area (Å²) < 4.78 is 4.70. The lowest BCUT2D eigenvalue weighted by Gasteiger charge is -1.96. The molecule has 0 saturated heterocycles. The molecule has 0 spiro atoms. The molecule has 2 rings (SSSR count). The molecular weight excluding hydrogens is 202 g/mol. The van der Waals surface area contributed by atoms with E-state index in [-0.39, 0.29) is 11.3 Å². The smallest absolute Gasteiger partial charge is 0.415 e. The molecule has 0 radical (unpaired) electrons. The Bertz CT molecular complexity index is 601. The van der Waals surface area contributed by atoms with Crippen LogP contribution in [0.4, 0.5) is 5.69 Å². The van der Waals surface area contributed by atoms with Crippen LogP contribution in [0.5, 0.6) is 5.75 Å². The largest absolute Gasteiger partial charge is 0.508 e. The second-order valence-electron chi connectivity index (χ2n) is 2.90. The van der Waals surface area contributed by atoms with Gasteiger partial charge in [-0.2, -0.15) is 0 Å². The van der Waals surface area contributed by atoms with Crippen molar-refractivity contribution in [2.24, 2.45) is 0 Å². The van der Waals surface area contributed by atoms with E-state index in [1.54, 1.807) is 0 Å². The van der Waals surface area contributed by atoms with Gasteiger partial charge in [0.1, 0.15) is 11.3 Å². The van der Waals surface area contributed by atoms with E-state index in [2.05, 4.69) is 0 Å². The van der Waals surface area contributed by atoms with Gasteiger partial charge in [0.05, 0.1) is 4.92 Å². The molecule has 1 aromatic carbocycles. The summed E-state index contributed by atoms with van der Waals surface area (Å²) >= 11 is 0. The molecule has 6 heteroatoms. The van der Waals surface area contributed by atoms with Crippen LogP contribution in [0.2, 0.25) is 0 Å². The molecule has 1 heterocycles. The molecule has 0 aliphatic heterocycles. The van der Waals surface area contributed by atoms with Crippen LogP contribution in [0.25, 0.3) is 11.0 Å². The molecule has 15 heavy (non-hydrogen) atoms. The minimum absolute atomic E-state index is 0.0503. The molecule has 1 aromatic heterocycles. The Kier molecular flexibility index (Phi) is 1.89. The van der Waals surface area contributed by atoms with Crippen molar-refractivity contribution in [3.8, 4) is 5.75 Å². The topological polar surface area (TPSA) is 93.6 Å². The number of aromatic hydroxyl groups is 1. The molecule has 76 valence electrons. The Morgan fingerprint density at radius 3 is 2.73 bits per heavy atom. The van der Waals surface area contributed by atoms with Crippen LogP contribution < -0.4 is 5.63 Å². The third kappa shape index (κ3) is 1.52. The number of benzene rings is 1. The fourth-order valence-electron chi connectivity index (χ4n) is 1.23. The van der Waals surface area contributed by atoms with Crippen molar-refractivity contribution in [3.63, 3.8) is 0 Å². The Balaban J connectivity index is 2.83. The summed E-state index contributed by atoms with van der Waals surface area (Å²) in [5.74, 6) is -0.0503. The number of nitro groups is 1. The van der Waals surface area contributed by atoms with Gasteiger partial charge in [-0.15, -0.1) is 0 Å². The molecule has 2 aromatic rings. The van der Waals surface area contributed by atoms with E-state index in [1.807, 2.05) is 0 Å². The van der Waals surface area contributed by atoms with Gasteiger partial charge in [0.15, 0.2) is 0 Å². The van der Waals surface area contributed by atoms with Crippen molar-refractivity contribution in [2.45, 2.75) is 0 Å². The van der Waals surface area contributed by atoms with Crippen molar-refractivity contribution < 1.29 is 14.4 Å². The summed E-state index contributed by atoms with van der Waals surface area (Å²) in [6, 6.07) is 5.05. The average molecular weight is 207 g/mol. The second kappa shape index (κ2) is 3.09. The maximum Gasteiger partial charge on any atom is 0.415 e. The summed E-state index contributed by atoms with van der Waals surface area (Å²) in [5.41, 5.74) is -1.45. The highest BCUT2D eigenvalue weighted by Crippen LogP contribution is 2.21. The molecule has 1 N–H and O–H groups in total. The van der Waals surface area contributed by atoms with Crippen LogP contribution >= 0.6 is 0 Å². The Morgan fingerprint density at radius 1 is 1.33 bits per heavy atom. The van der Waals surface area contributed by atoms with E-state index >= 15 is 0 Å². The van der Waals surface area contributed by atoms with Crippen LogP contribution in [-0.4, -0.2) is 10.0 Å². The first kappa shape index (κ1) is 9.20. The number of hydrogen-bond donors (Lipinski definition) is 1. The van der Waals surface area contributed by atoms with E-state index in [9.17, 15) is 14.9 Å². The zero-order valence-electron chi connectivity index (χ0n) is 7.34. The second-order valence-corrected chi connectivity index (χ2v) is 2.90. The minimum Gasteiger partial charge on any atom is -0.508 e. The van der Waals surface area contributed by atoms with Crippen LogP contribution in [0.15, 0.2) is 33.5 Å². The van der Waals surface area contributed by atoms with Crippen LogP contribution in [0.3, 0.4) is 0 Å². The van der Waals surface area contributed by atoms with Crippen molar-refractivity contribution in [1.29, 1.82) is 0 Å². The van der Waals surface area contributed by atoms with Crippen molar-refractivity contribution in [2.75, 3.05) is 0 Å². The van der Waals surface area contributed by atoms with Crippen LogP contribution in [-0.2, 0) is 0 Å². The summed E-state index contributed by atoms with van der Waals surface area (Å²) in [6.45, 7) is 0. The first-order valence-corrected chi connectivity index (χ1v) is 3.99. The molecule has 6 nitrogen and oxygen atoms in total. The van der Waals surface area contributed by atoms with Crippen molar-refractivity contribution in [3.05, 3.63) is 44.8 Å². The molecule has 0 fully saturated rings. The molecule has 0 aliphatic carbocycles. The summed E-state index contributed by atoms with van der Waals surface area (Å²) in [5, 5.41) is 19.9. The highest BCUT2D eigenvalue weighted by atomic mass is 16.6. The molecule has 0 aliphatic rings. The predicted molar refractivity (Wildman–Crippen MR) is 50.8 cm³/mol. The quantitative estimate of drug-likeness (QED) is 0.433.